The SMILES string of the molecule is CC[C@@H](NC(=O)CCSc1ccc(C)c(C)c1)C(=O)O. The molecule has 0 radical (unpaired) electrons. The average molecular weight is 295 g/mol. The van der Waals surface area contributed by atoms with Gasteiger partial charge in [0, 0.05) is 17.1 Å². The highest BCUT2D eigenvalue weighted by Gasteiger charge is 2.16. The van der Waals surface area contributed by atoms with Gasteiger partial charge in [-0.25, -0.2) is 4.79 Å². The summed E-state index contributed by atoms with van der Waals surface area (Å²) >= 11 is 1.61. The van der Waals surface area contributed by atoms with Gasteiger partial charge in [0.1, 0.15) is 6.04 Å². The van der Waals surface area contributed by atoms with Crippen molar-refractivity contribution in [2.75, 3.05) is 5.75 Å². The van der Waals surface area contributed by atoms with Gasteiger partial charge in [0.05, 0.1) is 0 Å². The molecule has 0 aromatic heterocycles. The molecule has 0 unspecified atom stereocenters. The molecule has 0 aliphatic heterocycles. The number of hydrogen-bond acceptors (Lipinski definition) is 3. The van der Waals surface area contributed by atoms with Gasteiger partial charge >= 0.3 is 5.97 Å². The first-order valence-electron chi connectivity index (χ1n) is 6.66. The fraction of sp³-hybridized carbons (Fsp3) is 0.467. The second-order valence-electron chi connectivity index (χ2n) is 4.71. The summed E-state index contributed by atoms with van der Waals surface area (Å²) in [6.45, 7) is 5.86. The number of aliphatic carboxylic acids is 1. The van der Waals surface area contributed by atoms with E-state index in [-0.39, 0.29) is 5.91 Å². The fourth-order valence-corrected chi connectivity index (χ4v) is 2.62. The molecule has 0 heterocycles. The summed E-state index contributed by atoms with van der Waals surface area (Å²) in [5.41, 5.74) is 2.48. The molecule has 2 N–H and O–H groups in total. The van der Waals surface area contributed by atoms with Crippen molar-refractivity contribution in [3.05, 3.63) is 29.3 Å². The molecule has 5 heteroatoms. The first-order valence-corrected chi connectivity index (χ1v) is 7.64. The number of benzene rings is 1. The molecule has 20 heavy (non-hydrogen) atoms. The van der Waals surface area contributed by atoms with Crippen molar-refractivity contribution in [1.82, 2.24) is 5.32 Å². The molecule has 0 fully saturated rings. The lowest BCUT2D eigenvalue weighted by Gasteiger charge is -2.12. The highest BCUT2D eigenvalue weighted by molar-refractivity contribution is 7.99. The molecule has 0 bridgehead atoms. The molecular formula is C15H21NO3S. The minimum atomic E-state index is -0.984. The third kappa shape index (κ3) is 5.25. The van der Waals surface area contributed by atoms with Crippen LogP contribution in [0.3, 0.4) is 0 Å². The Morgan fingerprint density at radius 1 is 1.30 bits per heavy atom. The van der Waals surface area contributed by atoms with E-state index in [1.165, 1.54) is 11.1 Å². The van der Waals surface area contributed by atoms with Crippen LogP contribution in [0.1, 0.15) is 30.9 Å². The van der Waals surface area contributed by atoms with Crippen LogP contribution in [-0.2, 0) is 9.59 Å². The molecule has 110 valence electrons. The van der Waals surface area contributed by atoms with Crippen LogP contribution >= 0.6 is 11.8 Å². The van der Waals surface area contributed by atoms with E-state index in [1.807, 2.05) is 6.07 Å². The normalized spacial score (nSPS) is 11.9. The Balaban J connectivity index is 2.38. The Morgan fingerprint density at radius 3 is 2.55 bits per heavy atom. The van der Waals surface area contributed by atoms with Crippen LogP contribution in [0.2, 0.25) is 0 Å². The minimum Gasteiger partial charge on any atom is -0.480 e. The third-order valence-electron chi connectivity index (χ3n) is 3.12. The minimum absolute atomic E-state index is 0.212. The highest BCUT2D eigenvalue weighted by Crippen LogP contribution is 2.21. The zero-order valence-electron chi connectivity index (χ0n) is 12.1. The van der Waals surface area contributed by atoms with Crippen molar-refractivity contribution >= 4 is 23.6 Å². The van der Waals surface area contributed by atoms with E-state index in [9.17, 15) is 9.59 Å². The number of carbonyl (C=O) groups excluding carboxylic acids is 1. The monoisotopic (exact) mass is 295 g/mol. The summed E-state index contributed by atoms with van der Waals surface area (Å²) in [7, 11) is 0. The lowest BCUT2D eigenvalue weighted by atomic mass is 10.1. The summed E-state index contributed by atoms with van der Waals surface area (Å²) in [4.78, 5) is 23.6. The van der Waals surface area contributed by atoms with E-state index in [1.54, 1.807) is 18.7 Å². The quantitative estimate of drug-likeness (QED) is 0.759. The number of carbonyl (C=O) groups is 2. The van der Waals surface area contributed by atoms with E-state index >= 15 is 0 Å². The molecule has 4 nitrogen and oxygen atoms in total. The molecular weight excluding hydrogens is 274 g/mol. The maximum atomic E-state index is 11.6. The zero-order chi connectivity index (χ0) is 15.1. The maximum Gasteiger partial charge on any atom is 0.326 e. The maximum absolute atomic E-state index is 11.6. The molecule has 1 atom stereocenters. The summed E-state index contributed by atoms with van der Waals surface area (Å²) in [6, 6.07) is 5.42. The van der Waals surface area contributed by atoms with Crippen molar-refractivity contribution in [1.29, 1.82) is 0 Å². The van der Waals surface area contributed by atoms with Gasteiger partial charge < -0.3 is 10.4 Å². The van der Waals surface area contributed by atoms with Crippen molar-refractivity contribution in [3.8, 4) is 0 Å². The second-order valence-corrected chi connectivity index (χ2v) is 5.88. The van der Waals surface area contributed by atoms with Crippen molar-refractivity contribution in [2.24, 2.45) is 0 Å². The second kappa shape index (κ2) is 7.94. The lowest BCUT2D eigenvalue weighted by molar-refractivity contribution is -0.141. The van der Waals surface area contributed by atoms with Crippen LogP contribution in [0.15, 0.2) is 23.1 Å². The molecule has 1 aromatic rings. The van der Waals surface area contributed by atoms with Gasteiger partial charge in [0.25, 0.3) is 0 Å². The van der Waals surface area contributed by atoms with Gasteiger partial charge in [-0.05, 0) is 43.5 Å². The van der Waals surface area contributed by atoms with Crippen molar-refractivity contribution in [2.45, 2.75) is 44.6 Å². The summed E-state index contributed by atoms with van der Waals surface area (Å²) in [6.07, 6.45) is 0.715. The lowest BCUT2D eigenvalue weighted by Crippen LogP contribution is -2.40. The number of nitrogens with one attached hydrogen (secondary N) is 1. The molecule has 0 saturated heterocycles. The molecule has 0 saturated carbocycles. The Kier molecular flexibility index (Phi) is 6.58. The van der Waals surface area contributed by atoms with E-state index in [2.05, 4.69) is 31.3 Å². The molecule has 1 amide bonds. The van der Waals surface area contributed by atoms with E-state index in [4.69, 9.17) is 5.11 Å². The molecule has 0 aliphatic rings. The van der Waals surface area contributed by atoms with E-state index in [0.717, 1.165) is 4.90 Å². The van der Waals surface area contributed by atoms with Crippen LogP contribution in [0, 0.1) is 13.8 Å². The van der Waals surface area contributed by atoms with E-state index < -0.39 is 12.0 Å². The Hall–Kier alpha value is -1.49. The van der Waals surface area contributed by atoms with Crippen LogP contribution < -0.4 is 5.32 Å². The number of rotatable bonds is 7. The highest BCUT2D eigenvalue weighted by atomic mass is 32.2. The number of amides is 1. The van der Waals surface area contributed by atoms with Crippen LogP contribution in [0.25, 0.3) is 0 Å². The van der Waals surface area contributed by atoms with Crippen LogP contribution in [-0.4, -0.2) is 28.8 Å². The van der Waals surface area contributed by atoms with Crippen LogP contribution in [0.5, 0.6) is 0 Å². The van der Waals surface area contributed by atoms with Gasteiger partial charge in [0.15, 0.2) is 0 Å². The van der Waals surface area contributed by atoms with Gasteiger partial charge in [-0.2, -0.15) is 0 Å². The topological polar surface area (TPSA) is 66.4 Å². The smallest absolute Gasteiger partial charge is 0.326 e. The van der Waals surface area contributed by atoms with Crippen LogP contribution in [0.4, 0.5) is 0 Å². The zero-order valence-corrected chi connectivity index (χ0v) is 12.9. The molecule has 1 aromatic carbocycles. The average Bonchev–Trinajstić information content (AvgIpc) is 2.39. The summed E-state index contributed by atoms with van der Waals surface area (Å²) in [5, 5.41) is 11.4. The van der Waals surface area contributed by atoms with Gasteiger partial charge in [-0.1, -0.05) is 13.0 Å². The molecule has 0 aliphatic carbocycles. The Morgan fingerprint density at radius 2 is 2.00 bits per heavy atom. The fourth-order valence-electron chi connectivity index (χ4n) is 1.67. The predicted molar refractivity (Wildman–Crippen MR) is 81.1 cm³/mol. The van der Waals surface area contributed by atoms with Gasteiger partial charge in [0.2, 0.25) is 5.91 Å². The van der Waals surface area contributed by atoms with E-state index in [0.29, 0.717) is 18.6 Å². The number of thioether (sulfide) groups is 1. The predicted octanol–water partition coefficient (Wildman–Crippen LogP) is 2.77. The molecule has 0 spiro atoms. The number of carboxylic acids is 1. The van der Waals surface area contributed by atoms with Crippen molar-refractivity contribution < 1.29 is 14.7 Å². The first kappa shape index (κ1) is 16.6. The summed E-state index contributed by atoms with van der Waals surface area (Å²) in [5.74, 6) is -0.553. The first-order chi connectivity index (χ1) is 9.43. The number of aryl methyl sites for hydroxylation is 2. The Labute approximate surface area is 124 Å². The Bertz CT molecular complexity index is 488. The molecule has 1 rings (SSSR count). The largest absolute Gasteiger partial charge is 0.480 e. The summed E-state index contributed by atoms with van der Waals surface area (Å²) < 4.78 is 0. The number of hydrogen-bond donors (Lipinski definition) is 2. The number of carboxylic acid groups (broad SMARTS) is 1. The standard InChI is InChI=1S/C15H21NO3S/c1-4-13(15(18)19)16-14(17)7-8-20-12-6-5-10(2)11(3)9-12/h5-6,9,13H,4,7-8H2,1-3H3,(H,16,17)(H,18,19)/t13-/m1/s1. The van der Waals surface area contributed by atoms with Crippen molar-refractivity contribution in [3.63, 3.8) is 0 Å². The van der Waals surface area contributed by atoms with Gasteiger partial charge in [-0.3, -0.25) is 4.79 Å². The third-order valence-corrected chi connectivity index (χ3v) is 4.11. The van der Waals surface area contributed by atoms with Gasteiger partial charge in [-0.15, -0.1) is 11.8 Å².